The molecule has 1 aliphatic carbocycles. The molecule has 1 saturated carbocycles. The van der Waals surface area contributed by atoms with E-state index < -0.39 is 0 Å². The van der Waals surface area contributed by atoms with E-state index in [1.807, 2.05) is 7.05 Å². The minimum absolute atomic E-state index is 0.275. The third-order valence-electron chi connectivity index (χ3n) is 2.37. The van der Waals surface area contributed by atoms with Gasteiger partial charge in [-0.1, -0.05) is 15.9 Å². The summed E-state index contributed by atoms with van der Waals surface area (Å²) in [5.41, 5.74) is 0. The highest BCUT2D eigenvalue weighted by Crippen LogP contribution is 2.28. The van der Waals surface area contributed by atoms with E-state index in [0.29, 0.717) is 11.9 Å². The second-order valence-corrected chi connectivity index (χ2v) is 4.74. The highest BCUT2D eigenvalue weighted by Gasteiger charge is 2.20. The molecule has 0 aliphatic heterocycles. The zero-order valence-electron chi connectivity index (χ0n) is 8.79. The molecule has 1 aliphatic rings. The Hall–Kier alpha value is 0.360. The van der Waals surface area contributed by atoms with E-state index >= 15 is 0 Å². The van der Waals surface area contributed by atoms with E-state index in [2.05, 4.69) is 20.8 Å². The molecule has 0 radical (unpaired) electrons. The SMILES string of the molecule is CN(CCOCC1CC1)CC(O)CBr. The Labute approximate surface area is 94.6 Å². The number of aliphatic hydroxyl groups excluding tert-OH is 1. The van der Waals surface area contributed by atoms with Gasteiger partial charge in [-0.05, 0) is 25.8 Å². The molecule has 1 N–H and O–H groups in total. The molecule has 1 atom stereocenters. The Morgan fingerprint density at radius 1 is 1.57 bits per heavy atom. The van der Waals surface area contributed by atoms with Crippen molar-refractivity contribution in [3.63, 3.8) is 0 Å². The molecule has 1 rings (SSSR count). The number of likely N-dealkylation sites (N-methyl/N-ethyl adjacent to an activating group) is 1. The van der Waals surface area contributed by atoms with Crippen LogP contribution < -0.4 is 0 Å². The van der Waals surface area contributed by atoms with E-state index in [9.17, 15) is 5.11 Å². The lowest BCUT2D eigenvalue weighted by molar-refractivity contribution is 0.0857. The molecule has 84 valence electrons. The molecule has 0 amide bonds. The molecule has 0 aromatic rings. The van der Waals surface area contributed by atoms with Gasteiger partial charge in [0.1, 0.15) is 0 Å². The summed E-state index contributed by atoms with van der Waals surface area (Å²) in [5, 5.41) is 9.99. The van der Waals surface area contributed by atoms with Crippen LogP contribution in [0.5, 0.6) is 0 Å². The van der Waals surface area contributed by atoms with Gasteiger partial charge >= 0.3 is 0 Å². The van der Waals surface area contributed by atoms with Crippen molar-refractivity contribution in [2.24, 2.45) is 5.92 Å². The first-order valence-corrected chi connectivity index (χ1v) is 6.35. The van der Waals surface area contributed by atoms with Gasteiger partial charge in [-0.15, -0.1) is 0 Å². The molecular formula is C10H20BrNO2. The Bertz CT molecular complexity index is 153. The number of aliphatic hydroxyl groups is 1. The monoisotopic (exact) mass is 265 g/mol. The van der Waals surface area contributed by atoms with Gasteiger partial charge in [-0.2, -0.15) is 0 Å². The van der Waals surface area contributed by atoms with E-state index in [1.54, 1.807) is 0 Å². The highest BCUT2D eigenvalue weighted by molar-refractivity contribution is 9.09. The number of halogens is 1. The number of hydrogen-bond acceptors (Lipinski definition) is 3. The van der Waals surface area contributed by atoms with Crippen LogP contribution in [-0.4, -0.2) is 54.8 Å². The summed E-state index contributed by atoms with van der Waals surface area (Å²) in [7, 11) is 2.01. The molecule has 14 heavy (non-hydrogen) atoms. The Kier molecular flexibility index (Phi) is 6.01. The lowest BCUT2D eigenvalue weighted by Crippen LogP contribution is -2.32. The molecule has 0 saturated heterocycles. The quantitative estimate of drug-likeness (QED) is 0.527. The van der Waals surface area contributed by atoms with Crippen LogP contribution in [-0.2, 0) is 4.74 Å². The normalized spacial score (nSPS) is 18.9. The summed E-state index contributed by atoms with van der Waals surface area (Å²) in [4.78, 5) is 2.10. The number of rotatable bonds is 8. The predicted octanol–water partition coefficient (Wildman–Crippen LogP) is 1.10. The van der Waals surface area contributed by atoms with Gasteiger partial charge < -0.3 is 14.7 Å². The Morgan fingerprint density at radius 2 is 2.29 bits per heavy atom. The molecule has 1 unspecified atom stereocenters. The fourth-order valence-electron chi connectivity index (χ4n) is 1.25. The maximum absolute atomic E-state index is 9.35. The minimum atomic E-state index is -0.275. The van der Waals surface area contributed by atoms with E-state index in [0.717, 1.165) is 25.7 Å². The van der Waals surface area contributed by atoms with Crippen molar-refractivity contribution in [1.29, 1.82) is 0 Å². The standard InChI is InChI=1S/C10H20BrNO2/c1-12(7-10(13)6-11)4-5-14-8-9-2-3-9/h9-10,13H,2-8H2,1H3. The number of hydrogen-bond donors (Lipinski definition) is 1. The summed E-state index contributed by atoms with van der Waals surface area (Å²) in [6, 6.07) is 0. The van der Waals surface area contributed by atoms with Crippen molar-refractivity contribution < 1.29 is 9.84 Å². The second-order valence-electron chi connectivity index (χ2n) is 4.09. The molecule has 0 heterocycles. The number of alkyl halides is 1. The third-order valence-corrected chi connectivity index (χ3v) is 3.12. The van der Waals surface area contributed by atoms with Crippen LogP contribution in [0.15, 0.2) is 0 Å². The van der Waals surface area contributed by atoms with Gasteiger partial charge in [-0.3, -0.25) is 0 Å². The number of ether oxygens (including phenoxy) is 1. The summed E-state index contributed by atoms with van der Waals surface area (Å²) in [6.07, 6.45) is 2.42. The summed E-state index contributed by atoms with van der Waals surface area (Å²) in [5.74, 6) is 0.841. The van der Waals surface area contributed by atoms with Crippen molar-refractivity contribution in [2.45, 2.75) is 18.9 Å². The Balaban J connectivity index is 1.88. The van der Waals surface area contributed by atoms with Crippen molar-refractivity contribution in [2.75, 3.05) is 38.7 Å². The lowest BCUT2D eigenvalue weighted by Gasteiger charge is -2.19. The van der Waals surface area contributed by atoms with Crippen LogP contribution in [0.2, 0.25) is 0 Å². The van der Waals surface area contributed by atoms with E-state index in [1.165, 1.54) is 12.8 Å². The molecule has 1 fully saturated rings. The van der Waals surface area contributed by atoms with Crippen molar-refractivity contribution in [3.8, 4) is 0 Å². The van der Waals surface area contributed by atoms with Gasteiger partial charge in [0.25, 0.3) is 0 Å². The minimum Gasteiger partial charge on any atom is -0.391 e. The maximum atomic E-state index is 9.35. The molecule has 3 nitrogen and oxygen atoms in total. The van der Waals surface area contributed by atoms with Crippen LogP contribution in [0.1, 0.15) is 12.8 Å². The van der Waals surface area contributed by atoms with Crippen molar-refractivity contribution in [1.82, 2.24) is 4.90 Å². The summed E-state index contributed by atoms with van der Waals surface area (Å²) >= 11 is 3.24. The third kappa shape index (κ3) is 5.96. The first-order chi connectivity index (χ1) is 6.72. The van der Waals surface area contributed by atoms with Crippen molar-refractivity contribution >= 4 is 15.9 Å². The topological polar surface area (TPSA) is 32.7 Å². The van der Waals surface area contributed by atoms with Crippen LogP contribution in [0.4, 0.5) is 0 Å². The first-order valence-electron chi connectivity index (χ1n) is 5.22. The largest absolute Gasteiger partial charge is 0.391 e. The molecule has 0 aromatic carbocycles. The van der Waals surface area contributed by atoms with Crippen molar-refractivity contribution in [3.05, 3.63) is 0 Å². The molecule has 0 bridgehead atoms. The van der Waals surface area contributed by atoms with Gasteiger partial charge in [0.2, 0.25) is 0 Å². The van der Waals surface area contributed by atoms with Gasteiger partial charge in [0.15, 0.2) is 0 Å². The molecular weight excluding hydrogens is 246 g/mol. The summed E-state index contributed by atoms with van der Waals surface area (Å²) in [6.45, 7) is 3.31. The number of nitrogens with zero attached hydrogens (tertiary/aromatic N) is 1. The molecule has 0 spiro atoms. The second kappa shape index (κ2) is 6.77. The van der Waals surface area contributed by atoms with Crippen LogP contribution in [0.25, 0.3) is 0 Å². The lowest BCUT2D eigenvalue weighted by atomic mass is 10.4. The predicted molar refractivity (Wildman–Crippen MR) is 60.8 cm³/mol. The van der Waals surface area contributed by atoms with Gasteiger partial charge in [0, 0.05) is 25.0 Å². The average molecular weight is 266 g/mol. The van der Waals surface area contributed by atoms with E-state index in [4.69, 9.17) is 4.74 Å². The zero-order valence-corrected chi connectivity index (χ0v) is 10.4. The fraction of sp³-hybridized carbons (Fsp3) is 1.00. The van der Waals surface area contributed by atoms with E-state index in [-0.39, 0.29) is 6.10 Å². The maximum Gasteiger partial charge on any atom is 0.0763 e. The highest BCUT2D eigenvalue weighted by atomic mass is 79.9. The molecule has 4 heteroatoms. The smallest absolute Gasteiger partial charge is 0.0763 e. The van der Waals surface area contributed by atoms with Crippen LogP contribution in [0, 0.1) is 5.92 Å². The Morgan fingerprint density at radius 3 is 2.86 bits per heavy atom. The van der Waals surface area contributed by atoms with Crippen LogP contribution >= 0.6 is 15.9 Å². The van der Waals surface area contributed by atoms with Gasteiger partial charge in [-0.25, -0.2) is 0 Å². The first kappa shape index (κ1) is 12.4. The molecule has 0 aromatic heterocycles. The summed E-state index contributed by atoms with van der Waals surface area (Å²) < 4.78 is 5.51. The van der Waals surface area contributed by atoms with Crippen LogP contribution in [0.3, 0.4) is 0 Å². The van der Waals surface area contributed by atoms with Gasteiger partial charge in [0.05, 0.1) is 12.7 Å². The average Bonchev–Trinajstić information content (AvgIpc) is 2.96. The zero-order chi connectivity index (χ0) is 10.4. The fourth-order valence-corrected chi connectivity index (χ4v) is 1.46.